The van der Waals surface area contributed by atoms with Gasteiger partial charge in [-0.05, 0) is 44.6 Å². The summed E-state index contributed by atoms with van der Waals surface area (Å²) in [5.41, 5.74) is 2.69. The summed E-state index contributed by atoms with van der Waals surface area (Å²) >= 11 is 0. The fourth-order valence-electron chi connectivity index (χ4n) is 4.49. The van der Waals surface area contributed by atoms with Crippen LogP contribution >= 0.6 is 0 Å². The Kier molecular flexibility index (Phi) is 4.95. The van der Waals surface area contributed by atoms with Gasteiger partial charge in [0.05, 0.1) is 18.2 Å². The van der Waals surface area contributed by atoms with E-state index < -0.39 is 0 Å². The fourth-order valence-corrected chi connectivity index (χ4v) is 4.49. The van der Waals surface area contributed by atoms with Gasteiger partial charge in [0.1, 0.15) is 0 Å². The van der Waals surface area contributed by atoms with E-state index in [0.717, 1.165) is 51.7 Å². The molecule has 136 valence electrons. The summed E-state index contributed by atoms with van der Waals surface area (Å²) in [5, 5.41) is 6.29. The van der Waals surface area contributed by atoms with Crippen LogP contribution in [0.1, 0.15) is 43.2 Å². The lowest BCUT2D eigenvalue weighted by molar-refractivity contribution is 0.0979. The van der Waals surface area contributed by atoms with E-state index in [1.807, 2.05) is 0 Å². The Balaban J connectivity index is 1.19. The summed E-state index contributed by atoms with van der Waals surface area (Å²) in [6.45, 7) is 5.22. The van der Waals surface area contributed by atoms with Crippen molar-refractivity contribution in [2.75, 3.05) is 13.1 Å². The van der Waals surface area contributed by atoms with Crippen LogP contribution in [0.15, 0.2) is 24.3 Å². The highest BCUT2D eigenvalue weighted by Crippen LogP contribution is 2.34. The number of likely N-dealkylation sites (tertiary alicyclic amines) is 1. The molecule has 3 aliphatic rings. The van der Waals surface area contributed by atoms with Gasteiger partial charge in [0.2, 0.25) is 0 Å². The van der Waals surface area contributed by atoms with E-state index in [0.29, 0.717) is 6.10 Å². The number of amides is 2. The van der Waals surface area contributed by atoms with Crippen LogP contribution < -0.4 is 10.6 Å². The summed E-state index contributed by atoms with van der Waals surface area (Å²) in [4.78, 5) is 14.7. The van der Waals surface area contributed by atoms with Gasteiger partial charge >= 0.3 is 6.03 Å². The highest BCUT2D eigenvalue weighted by molar-refractivity contribution is 5.74. The fraction of sp³-hybridized carbons (Fsp3) is 0.650. The number of carbonyl (C=O) groups is 1. The van der Waals surface area contributed by atoms with Gasteiger partial charge in [-0.1, -0.05) is 29.8 Å². The predicted molar refractivity (Wildman–Crippen MR) is 97.4 cm³/mol. The van der Waals surface area contributed by atoms with E-state index in [4.69, 9.17) is 4.74 Å². The van der Waals surface area contributed by atoms with Crippen LogP contribution in [0.3, 0.4) is 0 Å². The molecule has 1 aromatic carbocycles. The number of ether oxygens (including phenoxy) is 1. The Morgan fingerprint density at radius 1 is 1.20 bits per heavy atom. The van der Waals surface area contributed by atoms with Crippen LogP contribution in [0.4, 0.5) is 4.79 Å². The van der Waals surface area contributed by atoms with Crippen molar-refractivity contribution in [3.63, 3.8) is 0 Å². The number of rotatable bonds is 4. The molecular formula is C20H29N3O2. The standard InChI is InChI=1S/C20H29N3O2/c1-14-3-2-4-15(11-14)13-23-9-7-16(8-10-23)21-20(24)22-18-12-17-5-6-19(18)25-17/h2-4,11,16-19H,5-10,12-13H2,1H3,(H2,21,22,24)/t17-,18+,19-/m1/s1. The summed E-state index contributed by atoms with van der Waals surface area (Å²) < 4.78 is 5.81. The van der Waals surface area contributed by atoms with Gasteiger partial charge in [0, 0.05) is 25.7 Å². The summed E-state index contributed by atoms with van der Waals surface area (Å²) in [6.07, 6.45) is 5.88. The molecule has 5 heteroatoms. The van der Waals surface area contributed by atoms with Gasteiger partial charge in [-0.25, -0.2) is 4.79 Å². The number of fused-ring (bicyclic) bond motifs is 2. The van der Waals surface area contributed by atoms with Crippen molar-refractivity contribution in [3.8, 4) is 0 Å². The highest BCUT2D eigenvalue weighted by atomic mass is 16.5. The zero-order valence-electron chi connectivity index (χ0n) is 15.0. The number of nitrogens with one attached hydrogen (secondary N) is 2. The lowest BCUT2D eigenvalue weighted by Crippen LogP contribution is -2.51. The van der Waals surface area contributed by atoms with Gasteiger partial charge in [-0.3, -0.25) is 4.90 Å². The minimum atomic E-state index is -0.0155. The number of aryl methyl sites for hydroxylation is 1. The molecule has 25 heavy (non-hydrogen) atoms. The molecule has 0 unspecified atom stereocenters. The molecule has 3 saturated heterocycles. The normalized spacial score (nSPS) is 29.7. The lowest BCUT2D eigenvalue weighted by atomic mass is 9.96. The topological polar surface area (TPSA) is 53.6 Å². The smallest absolute Gasteiger partial charge is 0.315 e. The molecule has 1 aromatic rings. The third kappa shape index (κ3) is 4.15. The molecule has 0 radical (unpaired) electrons. The van der Waals surface area contributed by atoms with Crippen LogP contribution in [0.25, 0.3) is 0 Å². The minimum Gasteiger partial charge on any atom is -0.373 e. The number of piperidine rings is 1. The molecule has 0 aliphatic carbocycles. The maximum Gasteiger partial charge on any atom is 0.315 e. The monoisotopic (exact) mass is 343 g/mol. The Labute approximate surface area is 150 Å². The maximum absolute atomic E-state index is 12.3. The second-order valence-corrected chi connectivity index (χ2v) is 7.87. The molecule has 2 amide bonds. The average molecular weight is 343 g/mol. The molecule has 3 aliphatic heterocycles. The molecule has 0 spiro atoms. The largest absolute Gasteiger partial charge is 0.373 e. The van der Waals surface area contributed by atoms with E-state index in [-0.39, 0.29) is 24.2 Å². The van der Waals surface area contributed by atoms with E-state index >= 15 is 0 Å². The quantitative estimate of drug-likeness (QED) is 0.883. The van der Waals surface area contributed by atoms with Crippen LogP contribution in [0, 0.1) is 6.92 Å². The number of nitrogens with zero attached hydrogens (tertiary/aromatic N) is 1. The third-order valence-corrected chi connectivity index (χ3v) is 5.83. The van der Waals surface area contributed by atoms with Crippen LogP contribution in [0.5, 0.6) is 0 Å². The molecule has 0 aromatic heterocycles. The van der Waals surface area contributed by atoms with Gasteiger partial charge in [0.15, 0.2) is 0 Å². The number of urea groups is 1. The zero-order chi connectivity index (χ0) is 17.2. The van der Waals surface area contributed by atoms with Crippen molar-refractivity contribution in [1.82, 2.24) is 15.5 Å². The van der Waals surface area contributed by atoms with Gasteiger partial charge in [-0.2, -0.15) is 0 Å². The highest BCUT2D eigenvalue weighted by Gasteiger charge is 2.41. The van der Waals surface area contributed by atoms with Crippen LogP contribution in [-0.2, 0) is 11.3 Å². The summed E-state index contributed by atoms with van der Waals surface area (Å²) in [7, 11) is 0. The minimum absolute atomic E-state index is 0.0155. The van der Waals surface area contributed by atoms with Crippen molar-refractivity contribution < 1.29 is 9.53 Å². The second-order valence-electron chi connectivity index (χ2n) is 7.87. The third-order valence-electron chi connectivity index (χ3n) is 5.83. The molecule has 2 bridgehead atoms. The Morgan fingerprint density at radius 3 is 2.72 bits per heavy atom. The molecular weight excluding hydrogens is 314 g/mol. The SMILES string of the molecule is Cc1cccc(CN2CCC(NC(=O)N[C@H]3C[C@H]4CC[C@H]3O4)CC2)c1. The molecule has 2 N–H and O–H groups in total. The average Bonchev–Trinajstić information content (AvgIpc) is 3.19. The lowest BCUT2D eigenvalue weighted by Gasteiger charge is -2.33. The first-order valence-corrected chi connectivity index (χ1v) is 9.66. The molecule has 4 rings (SSSR count). The van der Waals surface area contributed by atoms with E-state index in [1.165, 1.54) is 11.1 Å². The predicted octanol–water partition coefficient (Wildman–Crippen LogP) is 2.58. The van der Waals surface area contributed by atoms with E-state index in [9.17, 15) is 4.79 Å². The van der Waals surface area contributed by atoms with E-state index in [2.05, 4.69) is 46.7 Å². The maximum atomic E-state index is 12.3. The molecule has 0 saturated carbocycles. The summed E-state index contributed by atoms with van der Waals surface area (Å²) in [6, 6.07) is 9.20. The van der Waals surface area contributed by atoms with Crippen LogP contribution in [0.2, 0.25) is 0 Å². The van der Waals surface area contributed by atoms with Gasteiger partial charge in [0.25, 0.3) is 0 Å². The Hall–Kier alpha value is -1.59. The van der Waals surface area contributed by atoms with Gasteiger partial charge < -0.3 is 15.4 Å². The summed E-state index contributed by atoms with van der Waals surface area (Å²) in [5.74, 6) is 0. The number of hydrogen-bond acceptors (Lipinski definition) is 3. The molecule has 5 nitrogen and oxygen atoms in total. The van der Waals surface area contributed by atoms with Crippen molar-refractivity contribution in [1.29, 1.82) is 0 Å². The number of carbonyl (C=O) groups excluding carboxylic acids is 1. The first-order valence-electron chi connectivity index (χ1n) is 9.66. The first kappa shape index (κ1) is 16.9. The zero-order valence-corrected chi connectivity index (χ0v) is 15.0. The molecule has 3 atom stereocenters. The second kappa shape index (κ2) is 7.34. The van der Waals surface area contributed by atoms with E-state index in [1.54, 1.807) is 0 Å². The van der Waals surface area contributed by atoms with Crippen molar-refractivity contribution in [2.45, 2.75) is 69.9 Å². The van der Waals surface area contributed by atoms with Gasteiger partial charge in [-0.15, -0.1) is 0 Å². The Morgan fingerprint density at radius 2 is 2.04 bits per heavy atom. The van der Waals surface area contributed by atoms with Crippen LogP contribution in [-0.4, -0.2) is 48.3 Å². The van der Waals surface area contributed by atoms with Crippen molar-refractivity contribution in [2.24, 2.45) is 0 Å². The van der Waals surface area contributed by atoms with Crippen molar-refractivity contribution in [3.05, 3.63) is 35.4 Å². The molecule has 3 heterocycles. The first-order chi connectivity index (χ1) is 12.2. The van der Waals surface area contributed by atoms with Crippen molar-refractivity contribution >= 4 is 6.03 Å². The molecule has 3 fully saturated rings. The number of hydrogen-bond donors (Lipinski definition) is 2. The number of benzene rings is 1. The Bertz CT molecular complexity index is 613.